The number of rotatable bonds is 4. The van der Waals surface area contributed by atoms with Crippen molar-refractivity contribution in [2.24, 2.45) is 0 Å². The number of hydrogen-bond donors (Lipinski definition) is 1. The van der Waals surface area contributed by atoms with E-state index in [9.17, 15) is 9.59 Å². The number of halogens is 1. The molecular formula is C16H21ClN2O2. The molecule has 21 heavy (non-hydrogen) atoms. The van der Waals surface area contributed by atoms with E-state index in [-0.39, 0.29) is 24.4 Å². The highest BCUT2D eigenvalue weighted by molar-refractivity contribution is 6.31. The van der Waals surface area contributed by atoms with Crippen molar-refractivity contribution < 1.29 is 9.59 Å². The van der Waals surface area contributed by atoms with E-state index in [1.807, 2.05) is 13.0 Å². The Morgan fingerprint density at radius 3 is 2.62 bits per heavy atom. The molecule has 4 nitrogen and oxygen atoms in total. The Labute approximate surface area is 130 Å². The smallest absolute Gasteiger partial charge is 0.240 e. The van der Waals surface area contributed by atoms with Crippen LogP contribution in [-0.4, -0.2) is 24.4 Å². The molecule has 0 aromatic heterocycles. The lowest BCUT2D eigenvalue weighted by atomic mass is 10.1. The van der Waals surface area contributed by atoms with Gasteiger partial charge in [-0.2, -0.15) is 0 Å². The number of anilines is 1. The average molecular weight is 309 g/mol. The Bertz CT molecular complexity index is 539. The molecule has 2 amide bonds. The third-order valence-electron chi connectivity index (χ3n) is 3.93. The van der Waals surface area contributed by atoms with Crippen LogP contribution in [0.3, 0.4) is 0 Å². The second kappa shape index (κ2) is 6.94. The van der Waals surface area contributed by atoms with Gasteiger partial charge in [-0.1, -0.05) is 30.5 Å². The van der Waals surface area contributed by atoms with Gasteiger partial charge in [0.2, 0.25) is 11.8 Å². The van der Waals surface area contributed by atoms with Gasteiger partial charge in [-0.3, -0.25) is 9.59 Å². The van der Waals surface area contributed by atoms with Crippen LogP contribution in [0.15, 0.2) is 18.2 Å². The molecule has 0 heterocycles. The van der Waals surface area contributed by atoms with E-state index in [1.54, 1.807) is 12.1 Å². The van der Waals surface area contributed by atoms with Crippen molar-refractivity contribution in [3.8, 4) is 0 Å². The summed E-state index contributed by atoms with van der Waals surface area (Å²) < 4.78 is 0. The molecule has 1 fully saturated rings. The fraction of sp³-hybridized carbons (Fsp3) is 0.500. The molecule has 0 bridgehead atoms. The summed E-state index contributed by atoms with van der Waals surface area (Å²) in [6.45, 7) is 3.35. The second-order valence-electron chi connectivity index (χ2n) is 5.54. The van der Waals surface area contributed by atoms with E-state index in [1.165, 1.54) is 11.8 Å². The van der Waals surface area contributed by atoms with Gasteiger partial charge in [-0.15, -0.1) is 0 Å². The summed E-state index contributed by atoms with van der Waals surface area (Å²) in [7, 11) is 0. The first kappa shape index (κ1) is 15.8. The van der Waals surface area contributed by atoms with Crippen molar-refractivity contribution >= 4 is 29.1 Å². The standard InChI is InChI=1S/C16H21ClN2O2/c1-11-14(17)8-5-9-15(11)19(12(2)20)10-16(21)18-13-6-3-4-7-13/h5,8-9,13H,3-4,6-7,10H2,1-2H3,(H,18,21). The number of hydrogen-bond acceptors (Lipinski definition) is 2. The molecule has 1 aromatic carbocycles. The zero-order chi connectivity index (χ0) is 15.4. The van der Waals surface area contributed by atoms with Crippen LogP contribution < -0.4 is 10.2 Å². The molecule has 114 valence electrons. The summed E-state index contributed by atoms with van der Waals surface area (Å²) in [5.74, 6) is -0.279. The van der Waals surface area contributed by atoms with Gasteiger partial charge in [-0.25, -0.2) is 0 Å². The number of carbonyl (C=O) groups excluding carboxylic acids is 2. The first-order chi connectivity index (χ1) is 9.99. The predicted molar refractivity (Wildman–Crippen MR) is 84.6 cm³/mol. The van der Waals surface area contributed by atoms with Crippen molar-refractivity contribution in [2.45, 2.75) is 45.6 Å². The lowest BCUT2D eigenvalue weighted by Crippen LogP contribution is -2.43. The minimum Gasteiger partial charge on any atom is -0.352 e. The Morgan fingerprint density at radius 1 is 1.33 bits per heavy atom. The van der Waals surface area contributed by atoms with Crippen LogP contribution in [0.2, 0.25) is 5.02 Å². The molecule has 0 atom stereocenters. The van der Waals surface area contributed by atoms with Gasteiger partial charge in [0, 0.05) is 23.7 Å². The van der Waals surface area contributed by atoms with Crippen molar-refractivity contribution in [2.75, 3.05) is 11.4 Å². The van der Waals surface area contributed by atoms with E-state index in [4.69, 9.17) is 11.6 Å². The monoisotopic (exact) mass is 308 g/mol. The lowest BCUT2D eigenvalue weighted by Gasteiger charge is -2.24. The first-order valence-corrected chi connectivity index (χ1v) is 7.69. The van der Waals surface area contributed by atoms with Crippen LogP contribution in [0.4, 0.5) is 5.69 Å². The molecule has 1 aliphatic carbocycles. The minimum atomic E-state index is -0.165. The number of benzene rings is 1. The van der Waals surface area contributed by atoms with Gasteiger partial charge in [0.25, 0.3) is 0 Å². The third kappa shape index (κ3) is 3.97. The third-order valence-corrected chi connectivity index (χ3v) is 4.34. The normalized spacial score (nSPS) is 15.0. The maximum absolute atomic E-state index is 12.1. The van der Waals surface area contributed by atoms with Crippen LogP contribution in [0, 0.1) is 6.92 Å². The number of amides is 2. The number of nitrogens with zero attached hydrogens (tertiary/aromatic N) is 1. The van der Waals surface area contributed by atoms with Gasteiger partial charge in [0.1, 0.15) is 6.54 Å². The van der Waals surface area contributed by atoms with E-state index < -0.39 is 0 Å². The Morgan fingerprint density at radius 2 is 2.00 bits per heavy atom. The molecule has 1 aliphatic rings. The van der Waals surface area contributed by atoms with Crippen LogP contribution in [0.5, 0.6) is 0 Å². The maximum atomic E-state index is 12.1. The molecule has 1 saturated carbocycles. The summed E-state index contributed by atoms with van der Waals surface area (Å²) in [5, 5.41) is 3.59. The minimum absolute atomic E-state index is 0.0347. The number of carbonyl (C=O) groups is 2. The summed E-state index contributed by atoms with van der Waals surface area (Å²) in [4.78, 5) is 25.5. The van der Waals surface area contributed by atoms with Crippen LogP contribution in [0.25, 0.3) is 0 Å². The molecule has 5 heteroatoms. The van der Waals surface area contributed by atoms with Crippen molar-refractivity contribution in [3.63, 3.8) is 0 Å². The molecule has 0 unspecified atom stereocenters. The summed E-state index contributed by atoms with van der Waals surface area (Å²) in [6.07, 6.45) is 4.38. The van der Waals surface area contributed by atoms with Gasteiger partial charge in [0.15, 0.2) is 0 Å². The Hall–Kier alpha value is -1.55. The molecule has 0 saturated heterocycles. The van der Waals surface area contributed by atoms with Gasteiger partial charge >= 0.3 is 0 Å². The summed E-state index contributed by atoms with van der Waals surface area (Å²) in [5.41, 5.74) is 1.50. The zero-order valence-electron chi connectivity index (χ0n) is 12.5. The topological polar surface area (TPSA) is 49.4 Å². The summed E-state index contributed by atoms with van der Waals surface area (Å²) >= 11 is 6.10. The van der Waals surface area contributed by atoms with E-state index in [2.05, 4.69) is 5.32 Å². The van der Waals surface area contributed by atoms with Crippen LogP contribution >= 0.6 is 11.6 Å². The Kier molecular flexibility index (Phi) is 5.23. The predicted octanol–water partition coefficient (Wildman–Crippen LogP) is 3.06. The quantitative estimate of drug-likeness (QED) is 0.929. The average Bonchev–Trinajstić information content (AvgIpc) is 2.92. The van der Waals surface area contributed by atoms with Crippen LogP contribution in [0.1, 0.15) is 38.2 Å². The lowest BCUT2D eigenvalue weighted by molar-refractivity contribution is -0.123. The molecule has 2 rings (SSSR count). The van der Waals surface area contributed by atoms with E-state index in [0.717, 1.165) is 31.2 Å². The van der Waals surface area contributed by atoms with E-state index in [0.29, 0.717) is 10.7 Å². The molecular weight excluding hydrogens is 288 g/mol. The molecule has 1 N–H and O–H groups in total. The van der Waals surface area contributed by atoms with E-state index >= 15 is 0 Å². The SMILES string of the molecule is CC(=O)N(CC(=O)NC1CCCC1)c1cccc(Cl)c1C. The van der Waals surface area contributed by atoms with Gasteiger partial charge < -0.3 is 10.2 Å². The van der Waals surface area contributed by atoms with Crippen molar-refractivity contribution in [3.05, 3.63) is 28.8 Å². The molecule has 1 aromatic rings. The highest BCUT2D eigenvalue weighted by Gasteiger charge is 2.21. The molecule has 0 aliphatic heterocycles. The van der Waals surface area contributed by atoms with Crippen LogP contribution in [-0.2, 0) is 9.59 Å². The summed E-state index contributed by atoms with van der Waals surface area (Å²) in [6, 6.07) is 5.63. The largest absolute Gasteiger partial charge is 0.352 e. The van der Waals surface area contributed by atoms with Crippen molar-refractivity contribution in [1.29, 1.82) is 0 Å². The van der Waals surface area contributed by atoms with Crippen molar-refractivity contribution in [1.82, 2.24) is 5.32 Å². The molecule has 0 radical (unpaired) electrons. The highest BCUT2D eigenvalue weighted by atomic mass is 35.5. The van der Waals surface area contributed by atoms with Gasteiger partial charge in [0.05, 0.1) is 0 Å². The Balaban J connectivity index is 2.10. The first-order valence-electron chi connectivity index (χ1n) is 7.31. The molecule has 0 spiro atoms. The highest BCUT2D eigenvalue weighted by Crippen LogP contribution is 2.26. The fourth-order valence-electron chi connectivity index (χ4n) is 2.74. The van der Waals surface area contributed by atoms with Gasteiger partial charge in [-0.05, 0) is 37.5 Å². The second-order valence-corrected chi connectivity index (χ2v) is 5.95. The number of nitrogens with one attached hydrogen (secondary N) is 1. The zero-order valence-corrected chi connectivity index (χ0v) is 13.2. The fourth-order valence-corrected chi connectivity index (χ4v) is 2.91. The maximum Gasteiger partial charge on any atom is 0.240 e.